The average molecular weight is 662 g/mol. The number of hydrogen-bond acceptors (Lipinski definition) is 9. The van der Waals surface area contributed by atoms with Gasteiger partial charge in [0.25, 0.3) is 0 Å². The van der Waals surface area contributed by atoms with Crippen molar-refractivity contribution in [3.8, 4) is 0 Å². The zero-order chi connectivity index (χ0) is 33.1. The van der Waals surface area contributed by atoms with Crippen molar-refractivity contribution in [1.29, 1.82) is 0 Å². The Hall–Kier alpha value is -2.21. The minimum absolute atomic E-state index is 0.0817. The molecule has 0 aliphatic heterocycles. The molecule has 0 radical (unpaired) electrons. The van der Waals surface area contributed by atoms with E-state index in [-0.39, 0.29) is 44.0 Å². The molecule has 1 aromatic rings. The van der Waals surface area contributed by atoms with Crippen molar-refractivity contribution in [2.75, 3.05) is 27.3 Å². The highest BCUT2D eigenvalue weighted by Crippen LogP contribution is 2.55. The summed E-state index contributed by atoms with van der Waals surface area (Å²) in [6, 6.07) is 5.60. The van der Waals surface area contributed by atoms with Crippen LogP contribution in [-0.2, 0) is 34.5 Å². The van der Waals surface area contributed by atoms with Gasteiger partial charge < -0.3 is 39.5 Å². The van der Waals surface area contributed by atoms with Crippen LogP contribution >= 0.6 is 19.2 Å². The molecule has 0 spiro atoms. The van der Waals surface area contributed by atoms with Gasteiger partial charge in [-0.25, -0.2) is 4.79 Å². The summed E-state index contributed by atoms with van der Waals surface area (Å²) in [5, 5.41) is 28.3. The molecule has 1 saturated carbocycles. The number of nitrogens with zero attached hydrogens (tertiary/aromatic N) is 1. The first kappa shape index (κ1) is 38.0. The maximum absolute atomic E-state index is 13.8. The number of alkyl carbamates (subject to hydrolysis) is 1. The van der Waals surface area contributed by atoms with Crippen molar-refractivity contribution < 1.29 is 42.9 Å². The summed E-state index contributed by atoms with van der Waals surface area (Å²) in [5.41, 5.74) is -1.79. The molecular weight excluding hydrogens is 613 g/mol. The highest BCUT2D eigenvalue weighted by Gasteiger charge is 2.51. The molecule has 1 aliphatic carbocycles. The first-order valence-corrected chi connectivity index (χ1v) is 17.0. The summed E-state index contributed by atoms with van der Waals surface area (Å²) in [7, 11) is -1.35. The monoisotopic (exact) mass is 661 g/mol. The van der Waals surface area contributed by atoms with Crippen molar-refractivity contribution >= 4 is 37.1 Å². The van der Waals surface area contributed by atoms with E-state index in [1.54, 1.807) is 24.3 Å². The number of nitrogens with one attached hydrogen (secondary N) is 2. The van der Waals surface area contributed by atoms with Crippen LogP contribution in [0.4, 0.5) is 4.79 Å². The molecule has 1 fully saturated rings. The topological polar surface area (TPSA) is 164 Å². The minimum atomic E-state index is -4.38. The van der Waals surface area contributed by atoms with Crippen LogP contribution in [0.2, 0.25) is 5.02 Å². The predicted octanol–water partition coefficient (Wildman–Crippen LogP) is 4.80. The number of hydrogen-bond donors (Lipinski definition) is 4. The molecule has 3 atom stereocenters. The summed E-state index contributed by atoms with van der Waals surface area (Å²) < 4.78 is 29.3. The van der Waals surface area contributed by atoms with E-state index in [1.807, 2.05) is 0 Å². The smallest absolute Gasteiger partial charge is 0.408 e. The molecule has 3 unspecified atom stereocenters. The zero-order valence-corrected chi connectivity index (χ0v) is 28.3. The Morgan fingerprint density at radius 3 is 2.32 bits per heavy atom. The molecule has 12 nitrogen and oxygen atoms in total. The predicted molar refractivity (Wildman–Crippen MR) is 167 cm³/mol. The molecule has 0 aromatic heterocycles. The molecule has 250 valence electrons. The molecule has 14 heteroatoms. The van der Waals surface area contributed by atoms with Crippen LogP contribution in [0.5, 0.6) is 0 Å². The molecule has 0 saturated heterocycles. The Morgan fingerprint density at radius 1 is 1.16 bits per heavy atom. The first-order chi connectivity index (χ1) is 20.5. The van der Waals surface area contributed by atoms with E-state index in [9.17, 15) is 29.2 Å². The number of halogens is 1. The number of aliphatic hydroxyl groups excluding tert-OH is 1. The molecule has 2 rings (SSSR count). The van der Waals surface area contributed by atoms with E-state index in [0.717, 1.165) is 25.7 Å². The fourth-order valence-electron chi connectivity index (χ4n) is 5.10. The molecular formula is C30H49ClN3O9P. The summed E-state index contributed by atoms with van der Waals surface area (Å²) in [5.74, 6) is -3.41. The van der Waals surface area contributed by atoms with Crippen LogP contribution in [0.1, 0.15) is 78.2 Å². The lowest BCUT2D eigenvalue weighted by Gasteiger charge is -2.38. The second-order valence-electron chi connectivity index (χ2n) is 12.2. The standard InChI is InChI=1S/C30H49ClN3O9P/c1-7-42-44(40,43-8-2)27(37)30(39,17-14-25(35)34(5)6)33-26(36)24(19-21-12-15-29(3,4)16-13-21)32-28(38)41-20-22-10-9-11-23(31)18-22/h9-11,18,21,24,27,37,39H,7-8,12-17,19-20H2,1-6H3,(H,32,38)(H,33,36). The maximum atomic E-state index is 13.8. The molecule has 44 heavy (non-hydrogen) atoms. The second kappa shape index (κ2) is 16.9. The maximum Gasteiger partial charge on any atom is 0.408 e. The SMILES string of the molecule is CCOP(=O)(OCC)C(O)C(O)(CCC(=O)N(C)C)NC(=O)C(CC1CCC(C)(C)CC1)NC(=O)OCc1cccc(Cl)c1. The van der Waals surface area contributed by atoms with Crippen LogP contribution in [0.3, 0.4) is 0 Å². The van der Waals surface area contributed by atoms with Crippen molar-refractivity contribution in [3.63, 3.8) is 0 Å². The van der Waals surface area contributed by atoms with Crippen LogP contribution < -0.4 is 10.6 Å². The van der Waals surface area contributed by atoms with Gasteiger partial charge in [0.15, 0.2) is 5.72 Å². The van der Waals surface area contributed by atoms with Crippen molar-refractivity contribution in [2.45, 2.75) is 96.9 Å². The van der Waals surface area contributed by atoms with Gasteiger partial charge in [-0.15, -0.1) is 0 Å². The largest absolute Gasteiger partial charge is 0.445 e. The number of aliphatic hydroxyl groups is 2. The van der Waals surface area contributed by atoms with Gasteiger partial charge >= 0.3 is 13.7 Å². The molecule has 3 amide bonds. The number of amides is 3. The van der Waals surface area contributed by atoms with Crippen LogP contribution in [0.25, 0.3) is 0 Å². The third-order valence-electron chi connectivity index (χ3n) is 7.80. The van der Waals surface area contributed by atoms with E-state index in [1.165, 1.54) is 32.8 Å². The van der Waals surface area contributed by atoms with Gasteiger partial charge in [0, 0.05) is 32.0 Å². The van der Waals surface area contributed by atoms with Gasteiger partial charge in [0.2, 0.25) is 17.7 Å². The van der Waals surface area contributed by atoms with E-state index < -0.39 is 49.5 Å². The Morgan fingerprint density at radius 2 is 1.77 bits per heavy atom. The number of ether oxygens (including phenoxy) is 1. The lowest BCUT2D eigenvalue weighted by atomic mass is 9.71. The van der Waals surface area contributed by atoms with Gasteiger partial charge in [-0.05, 0) is 75.0 Å². The van der Waals surface area contributed by atoms with Gasteiger partial charge in [-0.2, -0.15) is 0 Å². The fourth-order valence-corrected chi connectivity index (χ4v) is 7.10. The Bertz CT molecular complexity index is 1150. The molecule has 1 aliphatic rings. The average Bonchev–Trinajstić information content (AvgIpc) is 2.95. The number of rotatable bonds is 16. The quantitative estimate of drug-likeness (QED) is 0.144. The fraction of sp³-hybridized carbons (Fsp3) is 0.700. The summed E-state index contributed by atoms with van der Waals surface area (Å²) in [4.78, 5) is 40.4. The van der Waals surface area contributed by atoms with Gasteiger partial charge in [-0.3, -0.25) is 14.2 Å². The normalized spacial score (nSPS) is 18.0. The van der Waals surface area contributed by atoms with Crippen LogP contribution in [-0.4, -0.2) is 77.9 Å². The highest BCUT2D eigenvalue weighted by atomic mass is 35.5. The van der Waals surface area contributed by atoms with E-state index >= 15 is 0 Å². The molecule has 0 heterocycles. The lowest BCUT2D eigenvalue weighted by molar-refractivity contribution is -0.143. The van der Waals surface area contributed by atoms with Crippen molar-refractivity contribution in [1.82, 2.24) is 15.5 Å². The number of carbonyl (C=O) groups is 3. The van der Waals surface area contributed by atoms with E-state index in [4.69, 9.17) is 25.4 Å². The number of benzene rings is 1. The van der Waals surface area contributed by atoms with Crippen molar-refractivity contribution in [3.05, 3.63) is 34.9 Å². The highest BCUT2D eigenvalue weighted by molar-refractivity contribution is 7.54. The number of carbonyl (C=O) groups excluding carboxylic acids is 3. The third-order valence-corrected chi connectivity index (χ3v) is 10.3. The Labute approximate surface area is 265 Å². The summed E-state index contributed by atoms with van der Waals surface area (Å²) in [6.45, 7) is 7.11. The molecule has 0 bridgehead atoms. The van der Waals surface area contributed by atoms with E-state index in [0.29, 0.717) is 10.6 Å². The lowest BCUT2D eigenvalue weighted by Crippen LogP contribution is -2.61. The second-order valence-corrected chi connectivity index (χ2v) is 14.7. The summed E-state index contributed by atoms with van der Waals surface area (Å²) >= 11 is 6.02. The third kappa shape index (κ3) is 11.6. The zero-order valence-electron chi connectivity index (χ0n) is 26.6. The first-order valence-electron chi connectivity index (χ1n) is 15.0. The van der Waals surface area contributed by atoms with Gasteiger partial charge in [0.05, 0.1) is 13.2 Å². The van der Waals surface area contributed by atoms with Gasteiger partial charge in [-0.1, -0.05) is 37.6 Å². The summed E-state index contributed by atoms with van der Waals surface area (Å²) in [6.07, 6.45) is 2.06. The van der Waals surface area contributed by atoms with Crippen LogP contribution in [0, 0.1) is 11.3 Å². The minimum Gasteiger partial charge on any atom is -0.445 e. The Kier molecular flexibility index (Phi) is 14.6. The molecule has 4 N–H and O–H groups in total. The molecule has 1 aromatic carbocycles. The van der Waals surface area contributed by atoms with Gasteiger partial charge in [0.1, 0.15) is 12.6 Å². The van der Waals surface area contributed by atoms with Crippen molar-refractivity contribution in [2.24, 2.45) is 11.3 Å². The Balaban J connectivity index is 2.33. The van der Waals surface area contributed by atoms with Crippen LogP contribution in [0.15, 0.2) is 24.3 Å². The van der Waals surface area contributed by atoms with E-state index in [2.05, 4.69) is 24.5 Å².